The van der Waals surface area contributed by atoms with E-state index >= 15 is 0 Å². The second kappa shape index (κ2) is 8.00. The van der Waals surface area contributed by atoms with Crippen molar-refractivity contribution in [2.45, 2.75) is 20.3 Å². The van der Waals surface area contributed by atoms with E-state index in [9.17, 15) is 4.21 Å². The second-order valence-electron chi connectivity index (χ2n) is 3.45. The van der Waals surface area contributed by atoms with Gasteiger partial charge in [0.2, 0.25) is 5.88 Å². The number of anilines is 1. The average Bonchev–Trinajstić information content (AvgIpc) is 2.36. The normalized spacial score (nSPS) is 12.1. The summed E-state index contributed by atoms with van der Waals surface area (Å²) in [5.74, 6) is 2.60. The Morgan fingerprint density at radius 3 is 2.94 bits per heavy atom. The zero-order valence-electron chi connectivity index (χ0n) is 10.3. The molecule has 0 saturated heterocycles. The molecular weight excluding hydrogens is 238 g/mol. The fraction of sp³-hybridized carbons (Fsp3) is 0.636. The molecule has 1 rings (SSSR count). The van der Waals surface area contributed by atoms with E-state index in [2.05, 4.69) is 15.3 Å². The van der Waals surface area contributed by atoms with Crippen LogP contribution in [-0.2, 0) is 10.8 Å². The molecule has 0 aliphatic heterocycles. The van der Waals surface area contributed by atoms with Gasteiger partial charge >= 0.3 is 0 Å². The van der Waals surface area contributed by atoms with Crippen molar-refractivity contribution >= 4 is 16.6 Å². The van der Waals surface area contributed by atoms with Gasteiger partial charge < -0.3 is 10.1 Å². The van der Waals surface area contributed by atoms with Crippen LogP contribution in [0.25, 0.3) is 0 Å². The van der Waals surface area contributed by atoms with Gasteiger partial charge in [-0.2, -0.15) is 0 Å². The Balaban J connectivity index is 2.40. The number of aromatic nitrogens is 2. The van der Waals surface area contributed by atoms with Crippen molar-refractivity contribution in [1.82, 2.24) is 9.97 Å². The fourth-order valence-electron chi connectivity index (χ4n) is 1.16. The molecule has 0 aromatic carbocycles. The Labute approximate surface area is 104 Å². The molecule has 96 valence electrons. The molecule has 0 amide bonds. The Hall–Kier alpha value is -1.17. The van der Waals surface area contributed by atoms with Crippen LogP contribution in [0.1, 0.15) is 20.3 Å². The maximum atomic E-state index is 11.2. The van der Waals surface area contributed by atoms with E-state index in [4.69, 9.17) is 4.74 Å². The van der Waals surface area contributed by atoms with Gasteiger partial charge in [0, 0.05) is 34.9 Å². The monoisotopic (exact) mass is 257 g/mol. The summed E-state index contributed by atoms with van der Waals surface area (Å²) in [7, 11) is -0.748. The molecule has 0 saturated carbocycles. The summed E-state index contributed by atoms with van der Waals surface area (Å²) in [6.45, 7) is 5.25. The van der Waals surface area contributed by atoms with E-state index in [1.807, 2.05) is 13.8 Å². The largest absolute Gasteiger partial charge is 0.478 e. The summed E-state index contributed by atoms with van der Waals surface area (Å²) in [5, 5.41) is 3.10. The highest BCUT2D eigenvalue weighted by Gasteiger charge is 2.00. The topological polar surface area (TPSA) is 64.1 Å². The molecule has 5 nitrogen and oxygen atoms in total. The molecule has 1 heterocycles. The van der Waals surface area contributed by atoms with E-state index in [0.29, 0.717) is 36.4 Å². The first-order chi connectivity index (χ1) is 8.26. The Bertz CT molecular complexity index is 360. The quantitative estimate of drug-likeness (QED) is 0.763. The maximum absolute atomic E-state index is 11.2. The van der Waals surface area contributed by atoms with Crippen LogP contribution in [0.2, 0.25) is 0 Å². The first kappa shape index (κ1) is 13.9. The number of hydrogen-bond donors (Lipinski definition) is 1. The fourth-order valence-corrected chi connectivity index (χ4v) is 1.78. The summed E-state index contributed by atoms with van der Waals surface area (Å²) in [6.07, 6.45) is 2.41. The Morgan fingerprint density at radius 1 is 1.41 bits per heavy atom. The molecule has 1 unspecified atom stereocenters. The molecule has 0 bridgehead atoms. The van der Waals surface area contributed by atoms with Gasteiger partial charge in [0.1, 0.15) is 12.1 Å². The van der Waals surface area contributed by atoms with Crippen molar-refractivity contribution in [3.05, 3.63) is 12.4 Å². The molecule has 0 radical (unpaired) electrons. The molecule has 17 heavy (non-hydrogen) atoms. The predicted molar refractivity (Wildman–Crippen MR) is 69.9 cm³/mol. The smallest absolute Gasteiger partial charge is 0.218 e. The summed E-state index contributed by atoms with van der Waals surface area (Å²) in [5.41, 5.74) is 0. The summed E-state index contributed by atoms with van der Waals surface area (Å²) < 4.78 is 16.6. The first-order valence-electron chi connectivity index (χ1n) is 5.80. The van der Waals surface area contributed by atoms with Crippen LogP contribution in [-0.4, -0.2) is 38.8 Å². The number of nitrogens with one attached hydrogen (secondary N) is 1. The third kappa shape index (κ3) is 5.63. The second-order valence-corrected chi connectivity index (χ2v) is 5.31. The number of ether oxygens (including phenoxy) is 1. The summed E-state index contributed by atoms with van der Waals surface area (Å²) in [4.78, 5) is 8.07. The summed E-state index contributed by atoms with van der Waals surface area (Å²) in [6, 6.07) is 1.75. The van der Waals surface area contributed by atoms with Gasteiger partial charge in [0.25, 0.3) is 0 Å². The van der Waals surface area contributed by atoms with E-state index < -0.39 is 10.8 Å². The highest BCUT2D eigenvalue weighted by Crippen LogP contribution is 2.10. The third-order valence-corrected chi connectivity index (χ3v) is 3.36. The molecule has 1 N–H and O–H groups in total. The minimum Gasteiger partial charge on any atom is -0.478 e. The lowest BCUT2D eigenvalue weighted by atomic mass is 10.5. The van der Waals surface area contributed by atoms with Crippen LogP contribution in [0.15, 0.2) is 12.4 Å². The standard InChI is InChI=1S/C11H19N3O2S/c1-3-6-16-11-8-10(13-9-14-11)12-5-7-17(15)4-2/h8-9H,3-7H2,1-2H3,(H,12,13,14). The summed E-state index contributed by atoms with van der Waals surface area (Å²) >= 11 is 0. The maximum Gasteiger partial charge on any atom is 0.218 e. The van der Waals surface area contributed by atoms with Crippen molar-refractivity contribution in [1.29, 1.82) is 0 Å². The van der Waals surface area contributed by atoms with Gasteiger partial charge in [-0.05, 0) is 6.42 Å². The van der Waals surface area contributed by atoms with Gasteiger partial charge in [-0.15, -0.1) is 0 Å². The van der Waals surface area contributed by atoms with Gasteiger partial charge in [0.05, 0.1) is 6.61 Å². The van der Waals surface area contributed by atoms with Crippen LogP contribution in [0.4, 0.5) is 5.82 Å². The van der Waals surface area contributed by atoms with Crippen molar-refractivity contribution in [3.8, 4) is 5.88 Å². The van der Waals surface area contributed by atoms with Crippen LogP contribution in [0.3, 0.4) is 0 Å². The number of hydrogen-bond acceptors (Lipinski definition) is 5. The van der Waals surface area contributed by atoms with Gasteiger partial charge in [-0.1, -0.05) is 13.8 Å². The molecule has 1 aromatic heterocycles. The van der Waals surface area contributed by atoms with Gasteiger partial charge in [-0.25, -0.2) is 9.97 Å². The highest BCUT2D eigenvalue weighted by atomic mass is 32.2. The molecule has 0 spiro atoms. The number of nitrogens with zero attached hydrogens (tertiary/aromatic N) is 2. The third-order valence-electron chi connectivity index (χ3n) is 2.05. The molecule has 0 fully saturated rings. The van der Waals surface area contributed by atoms with Crippen molar-refractivity contribution in [2.75, 3.05) is 30.0 Å². The van der Waals surface area contributed by atoms with Crippen LogP contribution in [0.5, 0.6) is 5.88 Å². The minimum absolute atomic E-state index is 0.570. The SMILES string of the molecule is CCCOc1cc(NCCS(=O)CC)ncn1. The van der Waals surface area contributed by atoms with E-state index in [0.717, 1.165) is 6.42 Å². The first-order valence-corrected chi connectivity index (χ1v) is 7.28. The predicted octanol–water partition coefficient (Wildman–Crippen LogP) is 1.45. The van der Waals surface area contributed by atoms with Crippen molar-refractivity contribution < 1.29 is 8.95 Å². The van der Waals surface area contributed by atoms with Crippen molar-refractivity contribution in [3.63, 3.8) is 0 Å². The zero-order valence-corrected chi connectivity index (χ0v) is 11.1. The number of rotatable bonds is 8. The Morgan fingerprint density at radius 2 is 2.24 bits per heavy atom. The molecular formula is C11H19N3O2S. The average molecular weight is 257 g/mol. The molecule has 0 aliphatic carbocycles. The molecule has 1 aromatic rings. The van der Waals surface area contributed by atoms with Crippen LogP contribution >= 0.6 is 0 Å². The minimum atomic E-state index is -0.748. The molecule has 1 atom stereocenters. The lowest BCUT2D eigenvalue weighted by Gasteiger charge is -2.07. The highest BCUT2D eigenvalue weighted by molar-refractivity contribution is 7.84. The van der Waals surface area contributed by atoms with Gasteiger partial charge in [-0.3, -0.25) is 4.21 Å². The zero-order chi connectivity index (χ0) is 12.5. The molecule has 6 heteroatoms. The van der Waals surface area contributed by atoms with Crippen molar-refractivity contribution in [2.24, 2.45) is 0 Å². The van der Waals surface area contributed by atoms with Crippen LogP contribution in [0, 0.1) is 0 Å². The lowest BCUT2D eigenvalue weighted by Crippen LogP contribution is -2.13. The van der Waals surface area contributed by atoms with Crippen LogP contribution < -0.4 is 10.1 Å². The van der Waals surface area contributed by atoms with Gasteiger partial charge in [0.15, 0.2) is 0 Å². The van der Waals surface area contributed by atoms with E-state index in [1.165, 1.54) is 6.33 Å². The van der Waals surface area contributed by atoms with E-state index in [1.54, 1.807) is 6.07 Å². The lowest BCUT2D eigenvalue weighted by molar-refractivity contribution is 0.305. The van der Waals surface area contributed by atoms with E-state index in [-0.39, 0.29) is 0 Å². The molecule has 0 aliphatic rings. The Kier molecular flexibility index (Phi) is 6.54.